The number of hydrogen-bond donors (Lipinski definition) is 0. The SMILES string of the molecule is CCC(C)C(=O)OC1CC(C)C(C)=C2C=CC(C)C(CCC3CC(OC(=O)OCCOCCOCCOCCOC(=O)CCCCC4CCSS4)CC(=O)O3)C21. The minimum absolute atomic E-state index is 0.00510. The molecule has 0 amide bonds. The second-order valence-electron chi connectivity index (χ2n) is 15.6. The van der Waals surface area contributed by atoms with Crippen LogP contribution in [0.15, 0.2) is 23.3 Å². The fourth-order valence-corrected chi connectivity index (χ4v) is 10.8. The van der Waals surface area contributed by atoms with Gasteiger partial charge in [-0.05, 0) is 75.2 Å². The van der Waals surface area contributed by atoms with Gasteiger partial charge in [-0.3, -0.25) is 14.4 Å². The Labute approximate surface area is 341 Å². The lowest BCUT2D eigenvalue weighted by Gasteiger charge is -2.45. The van der Waals surface area contributed by atoms with Gasteiger partial charge in [0.15, 0.2) is 0 Å². The summed E-state index contributed by atoms with van der Waals surface area (Å²) < 4.78 is 44.2. The molecule has 0 spiro atoms. The number of carbonyl (C=O) groups excluding carboxylic acids is 4. The third-order valence-electron chi connectivity index (χ3n) is 11.4. The maximum absolute atomic E-state index is 12.9. The van der Waals surface area contributed by atoms with Gasteiger partial charge in [-0.2, -0.15) is 0 Å². The van der Waals surface area contributed by atoms with Gasteiger partial charge in [-0.25, -0.2) is 4.79 Å². The van der Waals surface area contributed by atoms with Crippen LogP contribution in [-0.2, 0) is 52.3 Å². The molecule has 2 heterocycles. The van der Waals surface area contributed by atoms with Gasteiger partial charge in [-0.1, -0.05) is 73.4 Å². The molecule has 0 saturated carbocycles. The highest BCUT2D eigenvalue weighted by atomic mass is 33.1. The van der Waals surface area contributed by atoms with Crippen LogP contribution in [0, 0.1) is 29.6 Å². The molecule has 14 heteroatoms. The molecule has 2 aliphatic carbocycles. The van der Waals surface area contributed by atoms with Gasteiger partial charge in [0.25, 0.3) is 0 Å². The molecule has 2 fully saturated rings. The molecule has 2 aliphatic heterocycles. The molecule has 56 heavy (non-hydrogen) atoms. The molecule has 0 aromatic carbocycles. The van der Waals surface area contributed by atoms with Crippen LogP contribution in [0.5, 0.6) is 0 Å². The first-order valence-electron chi connectivity index (χ1n) is 20.8. The van der Waals surface area contributed by atoms with E-state index in [1.165, 1.54) is 29.7 Å². The zero-order valence-electron chi connectivity index (χ0n) is 34.2. The molecular formula is C42H66O12S2. The average Bonchev–Trinajstić information content (AvgIpc) is 3.70. The normalized spacial score (nSPS) is 28.0. The number of esters is 3. The highest BCUT2D eigenvalue weighted by Gasteiger charge is 2.44. The van der Waals surface area contributed by atoms with Gasteiger partial charge >= 0.3 is 24.1 Å². The Balaban J connectivity index is 1.04. The van der Waals surface area contributed by atoms with E-state index in [1.54, 1.807) is 0 Å². The first-order valence-corrected chi connectivity index (χ1v) is 23.2. The summed E-state index contributed by atoms with van der Waals surface area (Å²) in [6.45, 7) is 12.7. The van der Waals surface area contributed by atoms with Crippen molar-refractivity contribution >= 4 is 45.7 Å². The molecule has 0 radical (unpaired) electrons. The topological polar surface area (TPSA) is 142 Å². The van der Waals surface area contributed by atoms with Crippen molar-refractivity contribution in [2.24, 2.45) is 29.6 Å². The van der Waals surface area contributed by atoms with E-state index in [-0.39, 0.29) is 74.1 Å². The molecular weight excluding hydrogens is 761 g/mol. The van der Waals surface area contributed by atoms with Crippen LogP contribution in [-0.4, -0.2) is 106 Å². The standard InChI is InChI=1S/C42H66O12S2/c1-6-28(2)41(45)54-37-25-30(4)31(5)36-13-11-29(3)35(40(36)37)14-12-32-26-33(27-39(44)52-32)53-42(46)51-23-21-49-19-17-47-16-18-48-20-22-50-38(43)10-8-7-9-34-15-24-55-56-34/h11,13,28-30,32-35,37,40H,6-10,12,14-27H2,1-5H3. The molecule has 4 rings (SSSR count). The van der Waals surface area contributed by atoms with Crippen LogP contribution in [0.1, 0.15) is 105 Å². The average molecular weight is 827 g/mol. The zero-order valence-corrected chi connectivity index (χ0v) is 35.8. The van der Waals surface area contributed by atoms with Crippen LogP contribution in [0.4, 0.5) is 4.79 Å². The maximum atomic E-state index is 12.9. The third-order valence-corrected chi connectivity index (χ3v) is 14.4. The summed E-state index contributed by atoms with van der Waals surface area (Å²) in [5.41, 5.74) is 2.61. The van der Waals surface area contributed by atoms with Crippen LogP contribution < -0.4 is 0 Å². The van der Waals surface area contributed by atoms with Crippen molar-refractivity contribution < 1.29 is 57.1 Å². The molecule has 0 aromatic rings. The lowest BCUT2D eigenvalue weighted by Crippen LogP contribution is -2.43. The van der Waals surface area contributed by atoms with Crippen LogP contribution in [0.25, 0.3) is 0 Å². The van der Waals surface area contributed by atoms with Gasteiger partial charge < -0.3 is 37.9 Å². The summed E-state index contributed by atoms with van der Waals surface area (Å²) in [6.07, 6.45) is 10.5. The van der Waals surface area contributed by atoms with Crippen molar-refractivity contribution in [3.63, 3.8) is 0 Å². The molecule has 0 bridgehead atoms. The van der Waals surface area contributed by atoms with E-state index in [0.717, 1.165) is 37.4 Å². The fraction of sp³-hybridized carbons (Fsp3) is 0.810. The van der Waals surface area contributed by atoms with E-state index in [4.69, 9.17) is 37.9 Å². The smallest absolute Gasteiger partial charge is 0.463 e. The summed E-state index contributed by atoms with van der Waals surface area (Å²) in [5, 5.41) is 0.740. The summed E-state index contributed by atoms with van der Waals surface area (Å²) in [4.78, 5) is 49.7. The van der Waals surface area contributed by atoms with Gasteiger partial charge in [0, 0.05) is 29.8 Å². The Bertz CT molecular complexity index is 1300. The first kappa shape index (κ1) is 46.4. The lowest BCUT2D eigenvalue weighted by atomic mass is 9.63. The predicted octanol–water partition coefficient (Wildman–Crippen LogP) is 8.05. The monoisotopic (exact) mass is 826 g/mol. The number of ether oxygens (including phenoxy) is 8. The van der Waals surface area contributed by atoms with Crippen LogP contribution in [0.3, 0.4) is 0 Å². The fourth-order valence-electron chi connectivity index (χ4n) is 7.77. The predicted molar refractivity (Wildman–Crippen MR) is 216 cm³/mol. The van der Waals surface area contributed by atoms with Crippen molar-refractivity contribution in [2.75, 3.05) is 58.6 Å². The second-order valence-corrected chi connectivity index (χ2v) is 18.4. The number of unbranched alkanes of at least 4 members (excludes halogenated alkanes) is 1. The Morgan fingerprint density at radius 1 is 0.893 bits per heavy atom. The highest BCUT2D eigenvalue weighted by Crippen LogP contribution is 2.48. The van der Waals surface area contributed by atoms with Crippen LogP contribution >= 0.6 is 21.6 Å². The summed E-state index contributed by atoms with van der Waals surface area (Å²) >= 11 is 0. The van der Waals surface area contributed by atoms with Gasteiger partial charge in [-0.15, -0.1) is 0 Å². The molecule has 9 atom stereocenters. The number of hydrogen-bond acceptors (Lipinski definition) is 14. The Morgan fingerprint density at radius 2 is 1.59 bits per heavy atom. The summed E-state index contributed by atoms with van der Waals surface area (Å²) in [6, 6.07) is 0. The molecule has 318 valence electrons. The largest absolute Gasteiger partial charge is 0.508 e. The van der Waals surface area contributed by atoms with E-state index < -0.39 is 18.2 Å². The first-order chi connectivity index (χ1) is 27.0. The van der Waals surface area contributed by atoms with E-state index in [9.17, 15) is 19.2 Å². The van der Waals surface area contributed by atoms with Gasteiger partial charge in [0.2, 0.25) is 0 Å². The Kier molecular flexibility index (Phi) is 21.0. The third kappa shape index (κ3) is 15.8. The highest BCUT2D eigenvalue weighted by molar-refractivity contribution is 8.77. The number of fused-ring (bicyclic) bond motifs is 1. The minimum Gasteiger partial charge on any atom is -0.463 e. The Hall–Kier alpha value is -2.26. The minimum atomic E-state index is -0.845. The second kappa shape index (κ2) is 25.3. The number of rotatable bonds is 24. The molecule has 0 N–H and O–H groups in total. The summed E-state index contributed by atoms with van der Waals surface area (Å²) in [5.74, 6) is 1.26. The van der Waals surface area contributed by atoms with Crippen molar-refractivity contribution in [3.05, 3.63) is 23.3 Å². The lowest BCUT2D eigenvalue weighted by molar-refractivity contribution is -0.163. The zero-order chi connectivity index (χ0) is 40.3. The molecule has 0 aromatic heterocycles. The quantitative estimate of drug-likeness (QED) is 0.0401. The van der Waals surface area contributed by atoms with E-state index in [0.29, 0.717) is 58.2 Å². The molecule has 12 nitrogen and oxygen atoms in total. The maximum Gasteiger partial charge on any atom is 0.508 e. The number of cyclic esters (lactones) is 1. The van der Waals surface area contributed by atoms with Crippen molar-refractivity contribution in [3.8, 4) is 0 Å². The van der Waals surface area contributed by atoms with E-state index in [1.807, 2.05) is 35.4 Å². The Morgan fingerprint density at radius 3 is 2.27 bits per heavy atom. The van der Waals surface area contributed by atoms with Crippen molar-refractivity contribution in [1.29, 1.82) is 0 Å². The molecule has 4 aliphatic rings. The van der Waals surface area contributed by atoms with E-state index >= 15 is 0 Å². The van der Waals surface area contributed by atoms with Crippen LogP contribution in [0.2, 0.25) is 0 Å². The number of carbonyl (C=O) groups is 4. The number of allylic oxidation sites excluding steroid dienone is 3. The van der Waals surface area contributed by atoms with Crippen molar-refractivity contribution in [1.82, 2.24) is 0 Å². The van der Waals surface area contributed by atoms with Crippen molar-refractivity contribution in [2.45, 2.75) is 129 Å². The van der Waals surface area contributed by atoms with Gasteiger partial charge in [0.05, 0.1) is 52.0 Å². The molecule has 9 unspecified atom stereocenters. The van der Waals surface area contributed by atoms with E-state index in [2.05, 4.69) is 32.9 Å². The van der Waals surface area contributed by atoms with Gasteiger partial charge in [0.1, 0.15) is 31.5 Å². The summed E-state index contributed by atoms with van der Waals surface area (Å²) in [7, 11) is 3.91. The molecule has 2 saturated heterocycles.